The van der Waals surface area contributed by atoms with E-state index in [9.17, 15) is 9.59 Å². The molecule has 0 saturated heterocycles. The number of carbonyl (C=O) groups is 2. The second-order valence-electron chi connectivity index (χ2n) is 6.48. The third-order valence-corrected chi connectivity index (χ3v) is 5.11. The smallest absolute Gasteiger partial charge is 0.239 e. The van der Waals surface area contributed by atoms with E-state index in [2.05, 4.69) is 15.5 Å². The number of benzene rings is 1. The van der Waals surface area contributed by atoms with Crippen LogP contribution in [0.1, 0.15) is 24.2 Å². The van der Waals surface area contributed by atoms with Gasteiger partial charge in [0.25, 0.3) is 0 Å². The second-order valence-corrected chi connectivity index (χ2v) is 7.42. The highest BCUT2D eigenvalue weighted by Gasteiger charge is 2.24. The van der Waals surface area contributed by atoms with Crippen molar-refractivity contribution in [1.82, 2.24) is 25.0 Å². The minimum Gasteiger partial charge on any atom is -0.352 e. The van der Waals surface area contributed by atoms with E-state index in [1.807, 2.05) is 41.8 Å². The molecule has 1 fully saturated rings. The number of hydrogen-bond acceptors (Lipinski definition) is 5. The maximum atomic E-state index is 12.3. The van der Waals surface area contributed by atoms with E-state index < -0.39 is 0 Å². The lowest BCUT2D eigenvalue weighted by atomic mass is 10.2. The molecule has 0 atom stereocenters. The zero-order chi connectivity index (χ0) is 18.5. The Morgan fingerprint density at radius 1 is 1.27 bits per heavy atom. The van der Waals surface area contributed by atoms with Crippen LogP contribution >= 0.6 is 11.8 Å². The van der Waals surface area contributed by atoms with Crippen LogP contribution in [-0.2, 0) is 16.1 Å². The molecule has 0 bridgehead atoms. The summed E-state index contributed by atoms with van der Waals surface area (Å²) < 4.78 is 1.99. The standard InChI is InChI=1S/C18H23N5O2S/c1-13-20-21-18(23(13)10-14-6-4-3-5-7-14)26-12-17(25)22(2)11-16(24)19-15-8-9-15/h3-7,15H,8-12H2,1-2H3,(H,19,24). The average molecular weight is 373 g/mol. The molecule has 0 radical (unpaired) electrons. The van der Waals surface area contributed by atoms with Crippen molar-refractivity contribution in [1.29, 1.82) is 0 Å². The van der Waals surface area contributed by atoms with Crippen LogP contribution in [0.2, 0.25) is 0 Å². The first-order valence-corrected chi connectivity index (χ1v) is 9.61. The average Bonchev–Trinajstić information content (AvgIpc) is 3.37. The second kappa shape index (κ2) is 8.35. The third-order valence-electron chi connectivity index (χ3n) is 4.16. The molecule has 26 heavy (non-hydrogen) atoms. The number of thioether (sulfide) groups is 1. The maximum Gasteiger partial charge on any atom is 0.239 e. The van der Waals surface area contributed by atoms with E-state index in [0.717, 1.165) is 24.2 Å². The Hall–Kier alpha value is -2.35. The van der Waals surface area contributed by atoms with Gasteiger partial charge in [-0.2, -0.15) is 0 Å². The van der Waals surface area contributed by atoms with Gasteiger partial charge < -0.3 is 14.8 Å². The van der Waals surface area contributed by atoms with Crippen LogP contribution in [0.5, 0.6) is 0 Å². The van der Waals surface area contributed by atoms with Crippen LogP contribution in [0.3, 0.4) is 0 Å². The maximum absolute atomic E-state index is 12.3. The minimum atomic E-state index is -0.104. The van der Waals surface area contributed by atoms with Crippen molar-refractivity contribution in [3.63, 3.8) is 0 Å². The van der Waals surface area contributed by atoms with Gasteiger partial charge in [-0.25, -0.2) is 0 Å². The van der Waals surface area contributed by atoms with Gasteiger partial charge in [-0.05, 0) is 25.3 Å². The molecule has 1 aliphatic rings. The van der Waals surface area contributed by atoms with Gasteiger partial charge in [-0.1, -0.05) is 42.1 Å². The SMILES string of the molecule is Cc1nnc(SCC(=O)N(C)CC(=O)NC2CC2)n1Cc1ccccc1. The van der Waals surface area contributed by atoms with Crippen LogP contribution < -0.4 is 5.32 Å². The molecule has 1 heterocycles. The van der Waals surface area contributed by atoms with Crippen molar-refractivity contribution >= 4 is 23.6 Å². The lowest BCUT2D eigenvalue weighted by Gasteiger charge is -2.16. The number of aryl methyl sites for hydroxylation is 1. The number of likely N-dealkylation sites (N-methyl/N-ethyl adjacent to an activating group) is 1. The van der Waals surface area contributed by atoms with Gasteiger partial charge in [0.1, 0.15) is 5.82 Å². The summed E-state index contributed by atoms with van der Waals surface area (Å²) in [6.45, 7) is 2.65. The van der Waals surface area contributed by atoms with Crippen molar-refractivity contribution in [2.24, 2.45) is 0 Å². The molecule has 8 heteroatoms. The molecule has 1 aliphatic carbocycles. The van der Waals surface area contributed by atoms with Gasteiger partial charge in [0.2, 0.25) is 11.8 Å². The van der Waals surface area contributed by atoms with Gasteiger partial charge in [0, 0.05) is 13.1 Å². The number of rotatable bonds is 8. The predicted molar refractivity (Wildman–Crippen MR) is 99.8 cm³/mol. The Morgan fingerprint density at radius 2 is 2.00 bits per heavy atom. The highest BCUT2D eigenvalue weighted by molar-refractivity contribution is 7.99. The topological polar surface area (TPSA) is 80.1 Å². The number of hydrogen-bond donors (Lipinski definition) is 1. The Balaban J connectivity index is 1.53. The van der Waals surface area contributed by atoms with Crippen LogP contribution in [0.4, 0.5) is 0 Å². The van der Waals surface area contributed by atoms with Gasteiger partial charge in [-0.3, -0.25) is 9.59 Å². The van der Waals surface area contributed by atoms with Gasteiger partial charge >= 0.3 is 0 Å². The van der Waals surface area contributed by atoms with E-state index in [1.54, 1.807) is 7.05 Å². The van der Waals surface area contributed by atoms with Gasteiger partial charge in [0.05, 0.1) is 18.8 Å². The normalized spacial score (nSPS) is 13.5. The summed E-state index contributed by atoms with van der Waals surface area (Å²) in [4.78, 5) is 25.6. The highest BCUT2D eigenvalue weighted by atomic mass is 32.2. The molecule has 7 nitrogen and oxygen atoms in total. The Kier molecular flexibility index (Phi) is 5.92. The summed E-state index contributed by atoms with van der Waals surface area (Å²) in [6, 6.07) is 10.4. The quantitative estimate of drug-likeness (QED) is 0.709. The molecular formula is C18H23N5O2S. The lowest BCUT2D eigenvalue weighted by molar-refractivity contribution is -0.132. The summed E-state index contributed by atoms with van der Waals surface area (Å²) in [7, 11) is 1.65. The number of carbonyl (C=O) groups excluding carboxylic acids is 2. The number of nitrogens with one attached hydrogen (secondary N) is 1. The Bertz CT molecular complexity index is 773. The number of aromatic nitrogens is 3. The van der Waals surface area contributed by atoms with Crippen LogP contribution in [0.15, 0.2) is 35.5 Å². The first-order valence-electron chi connectivity index (χ1n) is 8.63. The Labute approximate surface area is 157 Å². The van der Waals surface area contributed by atoms with Crippen molar-refractivity contribution in [3.05, 3.63) is 41.7 Å². The fourth-order valence-electron chi connectivity index (χ4n) is 2.46. The molecule has 0 aliphatic heterocycles. The summed E-state index contributed by atoms with van der Waals surface area (Å²) in [5, 5.41) is 11.9. The van der Waals surface area contributed by atoms with E-state index in [4.69, 9.17) is 0 Å². The summed E-state index contributed by atoms with van der Waals surface area (Å²) in [5.74, 6) is 0.824. The molecule has 0 spiro atoms. The predicted octanol–water partition coefficient (Wildman–Crippen LogP) is 1.46. The van der Waals surface area contributed by atoms with Crippen LogP contribution in [0.25, 0.3) is 0 Å². The van der Waals surface area contributed by atoms with Crippen molar-refractivity contribution in [3.8, 4) is 0 Å². The molecule has 138 valence electrons. The fourth-order valence-corrected chi connectivity index (χ4v) is 3.38. The molecule has 1 aromatic carbocycles. The summed E-state index contributed by atoms with van der Waals surface area (Å²) >= 11 is 1.34. The summed E-state index contributed by atoms with van der Waals surface area (Å²) in [6.07, 6.45) is 2.07. The van der Waals surface area contributed by atoms with Crippen molar-refractivity contribution in [2.75, 3.05) is 19.3 Å². The number of amides is 2. The minimum absolute atomic E-state index is 0.0889. The molecule has 0 unspecified atom stereocenters. The van der Waals surface area contributed by atoms with E-state index >= 15 is 0 Å². The van der Waals surface area contributed by atoms with Crippen molar-refractivity contribution < 1.29 is 9.59 Å². The number of nitrogens with zero attached hydrogens (tertiary/aromatic N) is 4. The molecule has 1 N–H and O–H groups in total. The molecule has 1 saturated carbocycles. The molecule has 3 rings (SSSR count). The third kappa shape index (κ3) is 5.08. The van der Waals surface area contributed by atoms with Gasteiger partial charge in [0.15, 0.2) is 5.16 Å². The van der Waals surface area contributed by atoms with Crippen LogP contribution in [0, 0.1) is 6.92 Å². The van der Waals surface area contributed by atoms with E-state index in [-0.39, 0.29) is 24.1 Å². The molecule has 1 aromatic heterocycles. The van der Waals surface area contributed by atoms with Gasteiger partial charge in [-0.15, -0.1) is 10.2 Å². The first kappa shape index (κ1) is 18.4. The largest absolute Gasteiger partial charge is 0.352 e. The fraction of sp³-hybridized carbons (Fsp3) is 0.444. The monoisotopic (exact) mass is 373 g/mol. The Morgan fingerprint density at radius 3 is 2.69 bits per heavy atom. The van der Waals surface area contributed by atoms with Crippen LogP contribution in [-0.4, -0.2) is 56.9 Å². The van der Waals surface area contributed by atoms with E-state index in [0.29, 0.717) is 17.7 Å². The first-order chi connectivity index (χ1) is 12.5. The molecule has 2 amide bonds. The lowest BCUT2D eigenvalue weighted by Crippen LogP contribution is -2.39. The van der Waals surface area contributed by atoms with E-state index in [1.165, 1.54) is 16.7 Å². The molecule has 2 aromatic rings. The molecular weight excluding hydrogens is 350 g/mol. The zero-order valence-corrected chi connectivity index (χ0v) is 15.8. The zero-order valence-electron chi connectivity index (χ0n) is 15.0. The highest BCUT2D eigenvalue weighted by Crippen LogP contribution is 2.20. The summed E-state index contributed by atoms with van der Waals surface area (Å²) in [5.41, 5.74) is 1.15. The van der Waals surface area contributed by atoms with Crippen molar-refractivity contribution in [2.45, 2.75) is 37.5 Å².